The van der Waals surface area contributed by atoms with E-state index < -0.39 is 0 Å². The maximum atomic E-state index is 12.5. The second kappa shape index (κ2) is 5.76. The molecule has 3 rings (SSSR count). The van der Waals surface area contributed by atoms with Crippen LogP contribution < -0.4 is 4.74 Å². The van der Waals surface area contributed by atoms with Crippen LogP contribution in [0, 0.1) is 5.92 Å². The minimum absolute atomic E-state index is 0.167. The molecule has 3 nitrogen and oxygen atoms in total. The molecule has 108 valence electrons. The predicted molar refractivity (Wildman–Crippen MR) is 82.7 cm³/mol. The Morgan fingerprint density at radius 3 is 2.85 bits per heavy atom. The van der Waals surface area contributed by atoms with Crippen LogP contribution in [0.1, 0.15) is 35.7 Å². The van der Waals surface area contributed by atoms with E-state index >= 15 is 0 Å². The zero-order chi connectivity index (χ0) is 14.1. The first-order valence-electron chi connectivity index (χ1n) is 7.34. The molecule has 0 radical (unpaired) electrons. The molecule has 0 N–H and O–H groups in total. The number of carbonyl (C=O) groups is 1. The fourth-order valence-electron chi connectivity index (χ4n) is 3.06. The highest BCUT2D eigenvalue weighted by molar-refractivity contribution is 9.09. The van der Waals surface area contributed by atoms with Gasteiger partial charge in [0.15, 0.2) is 0 Å². The van der Waals surface area contributed by atoms with Gasteiger partial charge in [-0.15, -0.1) is 0 Å². The summed E-state index contributed by atoms with van der Waals surface area (Å²) in [5.41, 5.74) is 1.97. The summed E-state index contributed by atoms with van der Waals surface area (Å²) in [5.74, 6) is 1.79. The van der Waals surface area contributed by atoms with E-state index in [0.29, 0.717) is 10.7 Å². The second-order valence-electron chi connectivity index (χ2n) is 5.73. The topological polar surface area (TPSA) is 29.5 Å². The van der Waals surface area contributed by atoms with Crippen molar-refractivity contribution in [1.29, 1.82) is 0 Å². The van der Waals surface area contributed by atoms with E-state index in [0.717, 1.165) is 50.3 Å². The summed E-state index contributed by atoms with van der Waals surface area (Å²) in [4.78, 5) is 15.1. The molecule has 4 heteroatoms. The number of nitrogens with zero attached hydrogens (tertiary/aromatic N) is 1. The smallest absolute Gasteiger partial charge is 0.253 e. The first kappa shape index (κ1) is 13.9. The van der Waals surface area contributed by atoms with Gasteiger partial charge in [-0.05, 0) is 42.5 Å². The van der Waals surface area contributed by atoms with E-state index in [9.17, 15) is 4.79 Å². The summed E-state index contributed by atoms with van der Waals surface area (Å²) < 4.78 is 5.49. The molecule has 1 fully saturated rings. The fraction of sp³-hybridized carbons (Fsp3) is 0.562. The van der Waals surface area contributed by atoms with Gasteiger partial charge in [0.05, 0.1) is 6.61 Å². The molecule has 1 aromatic rings. The molecule has 1 amide bonds. The molecule has 2 aliphatic rings. The molecular formula is C16H20BrNO2. The van der Waals surface area contributed by atoms with Crippen molar-refractivity contribution in [3.05, 3.63) is 29.3 Å². The Bertz CT molecular complexity index is 507. The van der Waals surface area contributed by atoms with Crippen LogP contribution in [-0.2, 0) is 6.42 Å². The third kappa shape index (κ3) is 2.71. The second-order valence-corrected chi connectivity index (χ2v) is 7.17. The molecule has 0 bridgehead atoms. The molecule has 1 unspecified atom stereocenters. The highest BCUT2D eigenvalue weighted by Gasteiger charge is 2.26. The minimum atomic E-state index is 0.167. The van der Waals surface area contributed by atoms with Crippen molar-refractivity contribution in [2.24, 2.45) is 5.92 Å². The van der Waals surface area contributed by atoms with Crippen LogP contribution in [0.4, 0.5) is 0 Å². The summed E-state index contributed by atoms with van der Waals surface area (Å²) in [7, 11) is 0. The van der Waals surface area contributed by atoms with Crippen molar-refractivity contribution in [2.75, 3.05) is 19.7 Å². The van der Waals surface area contributed by atoms with Gasteiger partial charge in [-0.3, -0.25) is 4.79 Å². The van der Waals surface area contributed by atoms with Gasteiger partial charge in [-0.2, -0.15) is 0 Å². The van der Waals surface area contributed by atoms with Crippen LogP contribution in [0.15, 0.2) is 18.2 Å². The molecule has 1 atom stereocenters. The van der Waals surface area contributed by atoms with Crippen molar-refractivity contribution in [3.8, 4) is 5.75 Å². The Morgan fingerprint density at radius 2 is 2.15 bits per heavy atom. The van der Waals surface area contributed by atoms with Gasteiger partial charge < -0.3 is 9.64 Å². The number of likely N-dealkylation sites (tertiary alicyclic amines) is 1. The lowest BCUT2D eigenvalue weighted by Gasteiger charge is -2.33. The number of carbonyl (C=O) groups excluding carboxylic acids is 1. The SMILES string of the molecule is CC(Br)C1CCN(C(=O)c2ccc3c(c2)CCO3)CC1. The lowest BCUT2D eigenvalue weighted by atomic mass is 9.94. The van der Waals surface area contributed by atoms with Crippen LogP contribution in [0.25, 0.3) is 0 Å². The average molecular weight is 338 g/mol. The molecule has 1 aromatic carbocycles. The molecule has 2 aliphatic heterocycles. The monoisotopic (exact) mass is 337 g/mol. The highest BCUT2D eigenvalue weighted by atomic mass is 79.9. The molecule has 0 aromatic heterocycles. The van der Waals surface area contributed by atoms with Crippen molar-refractivity contribution in [1.82, 2.24) is 4.90 Å². The number of piperidine rings is 1. The van der Waals surface area contributed by atoms with E-state index in [-0.39, 0.29) is 5.91 Å². The summed E-state index contributed by atoms with van der Waals surface area (Å²) in [6, 6.07) is 5.83. The van der Waals surface area contributed by atoms with Crippen molar-refractivity contribution in [2.45, 2.75) is 31.0 Å². The Labute approximate surface area is 128 Å². The number of hydrogen-bond acceptors (Lipinski definition) is 2. The number of fused-ring (bicyclic) bond motifs is 1. The van der Waals surface area contributed by atoms with Gasteiger partial charge in [-0.25, -0.2) is 0 Å². The summed E-state index contributed by atoms with van der Waals surface area (Å²) >= 11 is 3.65. The van der Waals surface area contributed by atoms with Crippen LogP contribution in [0.2, 0.25) is 0 Å². The van der Waals surface area contributed by atoms with Gasteiger partial charge in [-0.1, -0.05) is 22.9 Å². The molecule has 2 heterocycles. The van der Waals surface area contributed by atoms with Crippen molar-refractivity contribution in [3.63, 3.8) is 0 Å². The number of amides is 1. The van der Waals surface area contributed by atoms with Crippen LogP contribution in [0.5, 0.6) is 5.75 Å². The van der Waals surface area contributed by atoms with Gasteiger partial charge in [0.1, 0.15) is 5.75 Å². The minimum Gasteiger partial charge on any atom is -0.493 e. The van der Waals surface area contributed by atoms with Gasteiger partial charge >= 0.3 is 0 Å². The van der Waals surface area contributed by atoms with E-state index in [4.69, 9.17) is 4.74 Å². The maximum absolute atomic E-state index is 12.5. The molecular weight excluding hydrogens is 318 g/mol. The molecule has 0 aliphatic carbocycles. The van der Waals surface area contributed by atoms with Crippen LogP contribution in [0.3, 0.4) is 0 Å². The lowest BCUT2D eigenvalue weighted by Crippen LogP contribution is -2.39. The number of rotatable bonds is 2. The first-order valence-corrected chi connectivity index (χ1v) is 8.26. The molecule has 0 saturated carbocycles. The summed E-state index contributed by atoms with van der Waals surface area (Å²) in [5, 5.41) is 0. The summed E-state index contributed by atoms with van der Waals surface area (Å²) in [6.45, 7) is 4.67. The van der Waals surface area contributed by atoms with Crippen LogP contribution in [-0.4, -0.2) is 35.3 Å². The zero-order valence-electron chi connectivity index (χ0n) is 11.8. The molecule has 0 spiro atoms. The van der Waals surface area contributed by atoms with Crippen LogP contribution >= 0.6 is 15.9 Å². The van der Waals surface area contributed by atoms with Crippen molar-refractivity contribution < 1.29 is 9.53 Å². The highest BCUT2D eigenvalue weighted by Crippen LogP contribution is 2.28. The molecule has 20 heavy (non-hydrogen) atoms. The quantitative estimate of drug-likeness (QED) is 0.775. The largest absolute Gasteiger partial charge is 0.493 e. The van der Waals surface area contributed by atoms with E-state index in [1.165, 1.54) is 5.56 Å². The lowest BCUT2D eigenvalue weighted by molar-refractivity contribution is 0.0691. The number of alkyl halides is 1. The Balaban J connectivity index is 1.68. The average Bonchev–Trinajstić information content (AvgIpc) is 2.94. The Morgan fingerprint density at radius 1 is 1.40 bits per heavy atom. The summed E-state index contributed by atoms with van der Waals surface area (Å²) in [6.07, 6.45) is 3.10. The Kier molecular flexibility index (Phi) is 4.01. The Hall–Kier alpha value is -1.03. The van der Waals surface area contributed by atoms with Crippen molar-refractivity contribution >= 4 is 21.8 Å². The third-order valence-corrected chi connectivity index (χ3v) is 5.16. The number of ether oxygens (including phenoxy) is 1. The molecule has 1 saturated heterocycles. The first-order chi connectivity index (χ1) is 9.65. The fourth-order valence-corrected chi connectivity index (χ4v) is 3.59. The number of halogens is 1. The van der Waals surface area contributed by atoms with E-state index in [1.54, 1.807) is 0 Å². The predicted octanol–water partition coefficient (Wildman–Crippen LogP) is 3.26. The maximum Gasteiger partial charge on any atom is 0.253 e. The zero-order valence-corrected chi connectivity index (χ0v) is 13.4. The standard InChI is InChI=1S/C16H20BrNO2/c1-11(17)12-4-7-18(8-5-12)16(19)14-2-3-15-13(10-14)6-9-20-15/h2-3,10-12H,4-9H2,1H3. The van der Waals surface area contributed by atoms with Gasteiger partial charge in [0.2, 0.25) is 0 Å². The normalized spacial score (nSPS) is 20.4. The van der Waals surface area contributed by atoms with E-state index in [1.807, 2.05) is 23.1 Å². The van der Waals surface area contributed by atoms with Gasteiger partial charge in [0.25, 0.3) is 5.91 Å². The van der Waals surface area contributed by atoms with Gasteiger partial charge in [0, 0.05) is 29.9 Å². The van der Waals surface area contributed by atoms with E-state index in [2.05, 4.69) is 22.9 Å². The number of benzene rings is 1. The number of hydrogen-bond donors (Lipinski definition) is 0. The third-order valence-electron chi connectivity index (χ3n) is 4.41.